The van der Waals surface area contributed by atoms with Crippen molar-refractivity contribution in [1.29, 1.82) is 0 Å². The Labute approximate surface area is 195 Å². The smallest absolute Gasteiger partial charge is 0.268 e. The van der Waals surface area contributed by atoms with Crippen LogP contribution in [0.5, 0.6) is 11.5 Å². The van der Waals surface area contributed by atoms with Gasteiger partial charge in [0.05, 0.1) is 19.9 Å². The number of sulfonamides is 1. The summed E-state index contributed by atoms with van der Waals surface area (Å²) in [7, 11) is -1.20. The summed E-state index contributed by atoms with van der Waals surface area (Å²) < 4.78 is 39.1. The molecule has 7 nitrogen and oxygen atoms in total. The van der Waals surface area contributed by atoms with Crippen LogP contribution in [0.15, 0.2) is 65.6 Å². The van der Waals surface area contributed by atoms with E-state index >= 15 is 0 Å². The lowest BCUT2D eigenvalue weighted by atomic mass is 10.1. The summed E-state index contributed by atoms with van der Waals surface area (Å²) in [5.74, 6) is 0.311. The first-order valence-corrected chi connectivity index (χ1v) is 11.8. The van der Waals surface area contributed by atoms with Crippen molar-refractivity contribution in [2.45, 2.75) is 25.7 Å². The van der Waals surface area contributed by atoms with Crippen molar-refractivity contribution >= 4 is 27.3 Å². The zero-order chi connectivity index (χ0) is 24.2. The van der Waals surface area contributed by atoms with E-state index in [9.17, 15) is 13.2 Å². The summed E-state index contributed by atoms with van der Waals surface area (Å²) in [5, 5.41) is 2.82. The highest BCUT2D eigenvalue weighted by molar-refractivity contribution is 7.93. The first-order chi connectivity index (χ1) is 15.6. The minimum Gasteiger partial charge on any atom is -0.497 e. The Balaban J connectivity index is 2.02. The number of hydrogen-bond donors (Lipinski definition) is 1. The van der Waals surface area contributed by atoms with Gasteiger partial charge in [0.25, 0.3) is 10.0 Å². The highest BCUT2D eigenvalue weighted by atomic mass is 32.2. The van der Waals surface area contributed by atoms with E-state index in [4.69, 9.17) is 9.47 Å². The molecule has 0 spiro atoms. The monoisotopic (exact) mass is 468 g/mol. The number of aryl methyl sites for hydroxylation is 3. The van der Waals surface area contributed by atoms with Gasteiger partial charge in [-0.3, -0.25) is 9.10 Å². The number of nitrogens with one attached hydrogen (secondary N) is 1. The molecule has 0 aliphatic rings. The number of rotatable bonds is 8. The average Bonchev–Trinajstić information content (AvgIpc) is 2.79. The van der Waals surface area contributed by atoms with Crippen LogP contribution in [0.25, 0.3) is 0 Å². The van der Waals surface area contributed by atoms with Gasteiger partial charge < -0.3 is 14.8 Å². The molecule has 174 valence electrons. The third kappa shape index (κ3) is 5.46. The van der Waals surface area contributed by atoms with Crippen LogP contribution in [-0.4, -0.2) is 35.1 Å². The maximum absolute atomic E-state index is 13.8. The van der Waals surface area contributed by atoms with Gasteiger partial charge in [0.2, 0.25) is 5.91 Å². The van der Waals surface area contributed by atoms with Crippen LogP contribution < -0.4 is 19.1 Å². The van der Waals surface area contributed by atoms with Gasteiger partial charge in [-0.2, -0.15) is 0 Å². The van der Waals surface area contributed by atoms with Crippen LogP contribution in [0, 0.1) is 20.8 Å². The molecule has 0 aromatic heterocycles. The van der Waals surface area contributed by atoms with Crippen molar-refractivity contribution < 1.29 is 22.7 Å². The predicted molar refractivity (Wildman–Crippen MR) is 130 cm³/mol. The van der Waals surface area contributed by atoms with E-state index < -0.39 is 22.5 Å². The molecule has 0 unspecified atom stereocenters. The molecular weight excluding hydrogens is 440 g/mol. The second-order valence-corrected chi connectivity index (χ2v) is 9.56. The molecule has 0 saturated carbocycles. The number of methoxy groups -OCH3 is 2. The Hall–Kier alpha value is -3.52. The molecule has 33 heavy (non-hydrogen) atoms. The summed E-state index contributed by atoms with van der Waals surface area (Å²) in [6, 6.07) is 17.0. The van der Waals surface area contributed by atoms with E-state index in [1.165, 1.54) is 20.3 Å². The van der Waals surface area contributed by atoms with Crippen LogP contribution in [-0.2, 0) is 14.8 Å². The first-order valence-electron chi connectivity index (χ1n) is 10.3. The zero-order valence-electron chi connectivity index (χ0n) is 19.4. The molecule has 0 heterocycles. The van der Waals surface area contributed by atoms with Crippen molar-refractivity contribution in [2.75, 3.05) is 30.4 Å². The number of anilines is 2. The molecule has 0 aliphatic heterocycles. The molecule has 0 radical (unpaired) electrons. The maximum Gasteiger partial charge on any atom is 0.268 e. The molecule has 1 N–H and O–H groups in total. The van der Waals surface area contributed by atoms with Crippen LogP contribution in [0.2, 0.25) is 0 Å². The molecule has 0 aliphatic carbocycles. The number of amides is 1. The van der Waals surface area contributed by atoms with Gasteiger partial charge in [-0.15, -0.1) is 0 Å². The molecule has 3 aromatic rings. The van der Waals surface area contributed by atoms with E-state index in [1.807, 2.05) is 26.0 Å². The quantitative estimate of drug-likeness (QED) is 0.528. The Morgan fingerprint density at radius 3 is 2.12 bits per heavy atom. The van der Waals surface area contributed by atoms with E-state index in [2.05, 4.69) is 5.32 Å². The summed E-state index contributed by atoms with van der Waals surface area (Å²) >= 11 is 0. The average molecular weight is 469 g/mol. The van der Waals surface area contributed by atoms with E-state index in [1.54, 1.807) is 49.4 Å². The van der Waals surface area contributed by atoms with E-state index in [0.29, 0.717) is 17.1 Å². The summed E-state index contributed by atoms with van der Waals surface area (Å²) in [6.07, 6.45) is 0. The van der Waals surface area contributed by atoms with E-state index in [-0.39, 0.29) is 10.6 Å². The Morgan fingerprint density at radius 2 is 1.52 bits per heavy atom. The first kappa shape index (κ1) is 24.1. The van der Waals surface area contributed by atoms with Gasteiger partial charge in [-0.1, -0.05) is 23.8 Å². The van der Waals surface area contributed by atoms with Gasteiger partial charge in [0, 0.05) is 5.69 Å². The van der Waals surface area contributed by atoms with Crippen LogP contribution in [0.4, 0.5) is 11.4 Å². The normalized spacial score (nSPS) is 11.1. The van der Waals surface area contributed by atoms with Gasteiger partial charge in [0.1, 0.15) is 22.9 Å². The van der Waals surface area contributed by atoms with Crippen molar-refractivity contribution in [3.8, 4) is 11.5 Å². The molecule has 1 amide bonds. The summed E-state index contributed by atoms with van der Waals surface area (Å²) in [6.45, 7) is 5.23. The minimum absolute atomic E-state index is 0.0138. The van der Waals surface area contributed by atoms with Crippen LogP contribution >= 0.6 is 0 Å². The number of benzene rings is 3. The molecule has 0 bridgehead atoms. The Morgan fingerprint density at radius 1 is 0.879 bits per heavy atom. The highest BCUT2D eigenvalue weighted by Gasteiger charge is 2.30. The molecular formula is C25H28N2O5S. The van der Waals surface area contributed by atoms with Gasteiger partial charge in [0.15, 0.2) is 0 Å². The van der Waals surface area contributed by atoms with Gasteiger partial charge in [-0.25, -0.2) is 8.42 Å². The van der Waals surface area contributed by atoms with Crippen molar-refractivity contribution in [2.24, 2.45) is 0 Å². The minimum atomic E-state index is -4.14. The molecule has 3 rings (SSSR count). The SMILES string of the molecule is COc1ccc(N(CC(=O)Nc2ccc(C)cc2C)S(=O)(=O)c2cc(C)ccc2OC)cc1. The lowest BCUT2D eigenvalue weighted by Gasteiger charge is -2.25. The van der Waals surface area contributed by atoms with Gasteiger partial charge >= 0.3 is 0 Å². The summed E-state index contributed by atoms with van der Waals surface area (Å²) in [4.78, 5) is 13.0. The summed E-state index contributed by atoms with van der Waals surface area (Å²) in [5.41, 5.74) is 3.67. The Bertz CT molecular complexity index is 1250. The zero-order valence-corrected chi connectivity index (χ0v) is 20.2. The number of hydrogen-bond acceptors (Lipinski definition) is 5. The standard InChI is InChI=1S/C25H28N2O5S/c1-17-6-12-22(19(3)14-17)26-25(28)16-27(20-8-10-21(31-4)11-9-20)33(29,30)24-15-18(2)7-13-23(24)32-5/h6-15H,16H2,1-5H3,(H,26,28). The fourth-order valence-corrected chi connectivity index (χ4v) is 5.11. The maximum atomic E-state index is 13.8. The number of carbonyl (C=O) groups excluding carboxylic acids is 1. The molecule has 8 heteroatoms. The lowest BCUT2D eigenvalue weighted by molar-refractivity contribution is -0.114. The van der Waals surface area contributed by atoms with Crippen molar-refractivity contribution in [3.05, 3.63) is 77.4 Å². The van der Waals surface area contributed by atoms with Crippen molar-refractivity contribution in [1.82, 2.24) is 0 Å². The molecule has 0 saturated heterocycles. The molecule has 0 atom stereocenters. The van der Waals surface area contributed by atoms with E-state index in [0.717, 1.165) is 21.0 Å². The molecule has 0 fully saturated rings. The third-order valence-corrected chi connectivity index (χ3v) is 6.99. The fourth-order valence-electron chi connectivity index (χ4n) is 3.44. The fraction of sp³-hybridized carbons (Fsp3) is 0.240. The number of carbonyl (C=O) groups is 1. The third-order valence-electron chi connectivity index (χ3n) is 5.19. The van der Waals surface area contributed by atoms with Crippen LogP contribution in [0.3, 0.4) is 0 Å². The molecule has 3 aromatic carbocycles. The second-order valence-electron chi connectivity index (χ2n) is 7.73. The Kier molecular flexibility index (Phi) is 7.28. The highest BCUT2D eigenvalue weighted by Crippen LogP contribution is 2.31. The number of ether oxygens (including phenoxy) is 2. The van der Waals surface area contributed by atoms with Crippen LogP contribution in [0.1, 0.15) is 16.7 Å². The van der Waals surface area contributed by atoms with Crippen molar-refractivity contribution in [3.63, 3.8) is 0 Å². The topological polar surface area (TPSA) is 84.9 Å². The van der Waals surface area contributed by atoms with Gasteiger partial charge in [-0.05, 0) is 74.4 Å². The second kappa shape index (κ2) is 9.95. The lowest BCUT2D eigenvalue weighted by Crippen LogP contribution is -2.38. The largest absolute Gasteiger partial charge is 0.497 e. The number of nitrogens with zero attached hydrogens (tertiary/aromatic N) is 1. The predicted octanol–water partition coefficient (Wildman–Crippen LogP) is 4.46.